The largest absolute Gasteiger partial charge is 0.490 e. The monoisotopic (exact) mass is 293 g/mol. The van der Waals surface area contributed by atoms with E-state index in [-0.39, 0.29) is 17.7 Å². The summed E-state index contributed by atoms with van der Waals surface area (Å²) in [6.07, 6.45) is 1.28. The number of rotatable bonds is 2. The Morgan fingerprint density at radius 3 is 3.00 bits per heavy atom. The molecule has 2 aliphatic heterocycles. The molecule has 0 aromatic heterocycles. The molecule has 0 aliphatic carbocycles. The maximum absolute atomic E-state index is 13.8. The molecule has 3 rings (SSSR count). The van der Waals surface area contributed by atoms with E-state index < -0.39 is 17.8 Å². The zero-order chi connectivity index (χ0) is 15.0. The summed E-state index contributed by atoms with van der Waals surface area (Å²) in [4.78, 5) is 25.6. The first-order chi connectivity index (χ1) is 10.1. The molecule has 21 heavy (non-hydrogen) atoms. The third kappa shape index (κ3) is 2.24. The predicted molar refractivity (Wildman–Crippen MR) is 71.1 cm³/mol. The van der Waals surface area contributed by atoms with Crippen molar-refractivity contribution in [2.75, 3.05) is 13.7 Å². The third-order valence-corrected chi connectivity index (χ3v) is 4.06. The smallest absolute Gasteiger partial charge is 0.328 e. The minimum Gasteiger partial charge on any atom is -0.490 e. The van der Waals surface area contributed by atoms with Crippen molar-refractivity contribution in [2.24, 2.45) is 0 Å². The van der Waals surface area contributed by atoms with E-state index in [0.29, 0.717) is 31.4 Å². The number of ether oxygens (including phenoxy) is 2. The molecule has 1 aromatic rings. The van der Waals surface area contributed by atoms with Gasteiger partial charge in [-0.15, -0.1) is 0 Å². The fraction of sp³-hybridized carbons (Fsp3) is 0.467. The van der Waals surface area contributed by atoms with Crippen LogP contribution in [-0.2, 0) is 14.3 Å². The molecule has 1 saturated heterocycles. The molecule has 0 bridgehead atoms. The number of carbonyl (C=O) groups excluding carboxylic acids is 2. The first kappa shape index (κ1) is 13.9. The van der Waals surface area contributed by atoms with Crippen LogP contribution in [0.4, 0.5) is 4.39 Å². The number of carbonyl (C=O) groups is 2. The second kappa shape index (κ2) is 5.35. The van der Waals surface area contributed by atoms with Crippen LogP contribution in [0.25, 0.3) is 0 Å². The van der Waals surface area contributed by atoms with Crippen molar-refractivity contribution in [3.63, 3.8) is 0 Å². The van der Waals surface area contributed by atoms with Gasteiger partial charge in [-0.1, -0.05) is 12.1 Å². The van der Waals surface area contributed by atoms with Gasteiger partial charge >= 0.3 is 5.97 Å². The molecule has 1 aromatic carbocycles. The number of methoxy groups -OCH3 is 1. The van der Waals surface area contributed by atoms with Gasteiger partial charge in [0.15, 0.2) is 11.6 Å². The average molecular weight is 293 g/mol. The van der Waals surface area contributed by atoms with Gasteiger partial charge in [0, 0.05) is 18.4 Å². The molecule has 0 N–H and O–H groups in total. The molecule has 2 atom stereocenters. The maximum atomic E-state index is 13.8. The van der Waals surface area contributed by atoms with E-state index >= 15 is 0 Å². The normalized spacial score (nSPS) is 24.5. The van der Waals surface area contributed by atoms with Crippen LogP contribution in [0.2, 0.25) is 0 Å². The Labute approximate surface area is 121 Å². The zero-order valence-corrected chi connectivity index (χ0v) is 11.7. The average Bonchev–Trinajstić information content (AvgIpc) is 2.88. The van der Waals surface area contributed by atoms with Crippen molar-refractivity contribution >= 4 is 11.9 Å². The number of esters is 1. The van der Waals surface area contributed by atoms with Gasteiger partial charge in [-0.3, -0.25) is 4.79 Å². The second-order valence-corrected chi connectivity index (χ2v) is 5.19. The van der Waals surface area contributed by atoms with Gasteiger partial charge in [0.2, 0.25) is 5.91 Å². The number of nitrogens with zero attached hydrogens (tertiary/aromatic N) is 1. The molecule has 0 spiro atoms. The van der Waals surface area contributed by atoms with Crippen molar-refractivity contribution in [2.45, 2.75) is 31.3 Å². The van der Waals surface area contributed by atoms with Crippen molar-refractivity contribution < 1.29 is 23.5 Å². The van der Waals surface area contributed by atoms with Gasteiger partial charge < -0.3 is 14.4 Å². The van der Waals surface area contributed by atoms with Crippen molar-refractivity contribution in [1.29, 1.82) is 0 Å². The number of halogens is 1. The van der Waals surface area contributed by atoms with Crippen LogP contribution in [0.5, 0.6) is 5.75 Å². The zero-order valence-electron chi connectivity index (χ0n) is 11.7. The Morgan fingerprint density at radius 1 is 1.43 bits per heavy atom. The highest BCUT2D eigenvalue weighted by molar-refractivity contribution is 5.88. The summed E-state index contributed by atoms with van der Waals surface area (Å²) in [5, 5.41) is 0. The lowest BCUT2D eigenvalue weighted by atomic mass is 9.98. The summed E-state index contributed by atoms with van der Waals surface area (Å²) < 4.78 is 24.0. The van der Waals surface area contributed by atoms with Crippen LogP contribution < -0.4 is 4.74 Å². The van der Waals surface area contributed by atoms with E-state index in [0.717, 1.165) is 0 Å². The van der Waals surface area contributed by atoms with Gasteiger partial charge in [-0.05, 0) is 12.5 Å². The van der Waals surface area contributed by atoms with Crippen LogP contribution in [-0.4, -0.2) is 36.5 Å². The lowest BCUT2D eigenvalue weighted by Crippen LogP contribution is -2.43. The van der Waals surface area contributed by atoms with E-state index in [9.17, 15) is 14.0 Å². The molecule has 1 amide bonds. The second-order valence-electron chi connectivity index (χ2n) is 5.19. The first-order valence-electron chi connectivity index (χ1n) is 6.93. The number of hydrogen-bond donors (Lipinski definition) is 0. The summed E-state index contributed by atoms with van der Waals surface area (Å²) in [5.74, 6) is -0.798. The van der Waals surface area contributed by atoms with Gasteiger partial charge in [-0.25, -0.2) is 9.18 Å². The van der Waals surface area contributed by atoms with Crippen LogP contribution in [0, 0.1) is 5.82 Å². The molecule has 2 unspecified atom stereocenters. The lowest BCUT2D eigenvalue weighted by molar-refractivity contribution is -0.151. The Kier molecular flexibility index (Phi) is 3.53. The fourth-order valence-corrected chi connectivity index (χ4v) is 3.12. The maximum Gasteiger partial charge on any atom is 0.328 e. The van der Waals surface area contributed by atoms with Gasteiger partial charge in [0.05, 0.1) is 19.8 Å². The molecular weight excluding hydrogens is 277 g/mol. The highest BCUT2D eigenvalue weighted by atomic mass is 19.1. The number of fused-ring (bicyclic) bond motifs is 1. The summed E-state index contributed by atoms with van der Waals surface area (Å²) in [6.45, 7) is 0.316. The van der Waals surface area contributed by atoms with Gasteiger partial charge in [0.25, 0.3) is 0 Å². The molecular formula is C15H16FNO4. The summed E-state index contributed by atoms with van der Waals surface area (Å²) in [5.41, 5.74) is 0.616. The van der Waals surface area contributed by atoms with E-state index in [1.165, 1.54) is 18.1 Å². The Bertz CT molecular complexity index is 589. The summed E-state index contributed by atoms with van der Waals surface area (Å²) >= 11 is 0. The third-order valence-electron chi connectivity index (χ3n) is 4.06. The number of benzene rings is 1. The van der Waals surface area contributed by atoms with E-state index in [2.05, 4.69) is 0 Å². The van der Waals surface area contributed by atoms with Crippen LogP contribution >= 0.6 is 0 Å². The molecule has 2 aliphatic rings. The Morgan fingerprint density at radius 2 is 2.24 bits per heavy atom. The first-order valence-corrected chi connectivity index (χ1v) is 6.93. The summed E-state index contributed by atoms with van der Waals surface area (Å²) in [6, 6.07) is 3.71. The number of likely N-dealkylation sites (tertiary alicyclic amines) is 1. The van der Waals surface area contributed by atoms with Crippen molar-refractivity contribution in [1.82, 2.24) is 4.90 Å². The van der Waals surface area contributed by atoms with Crippen molar-refractivity contribution in [3.05, 3.63) is 29.6 Å². The molecule has 1 fully saturated rings. The number of hydrogen-bond acceptors (Lipinski definition) is 4. The SMILES string of the molecule is COC(=O)C1CCC(=O)N1C1CCOc2c(F)cccc21. The standard InChI is InChI=1S/C15H16FNO4/c1-20-15(19)12-5-6-13(18)17(12)11-7-8-21-14-9(11)3-2-4-10(14)16/h2-4,11-12H,5-8H2,1H3. The molecule has 2 heterocycles. The van der Waals surface area contributed by atoms with E-state index in [4.69, 9.17) is 9.47 Å². The quantitative estimate of drug-likeness (QED) is 0.780. The topological polar surface area (TPSA) is 55.8 Å². The highest BCUT2D eigenvalue weighted by Crippen LogP contribution is 2.41. The lowest BCUT2D eigenvalue weighted by Gasteiger charge is -2.35. The molecule has 0 saturated carbocycles. The fourth-order valence-electron chi connectivity index (χ4n) is 3.12. The number of amides is 1. The van der Waals surface area contributed by atoms with Crippen LogP contribution in [0.3, 0.4) is 0 Å². The number of para-hydroxylation sites is 1. The van der Waals surface area contributed by atoms with Crippen LogP contribution in [0.15, 0.2) is 18.2 Å². The Balaban J connectivity index is 1.99. The molecule has 112 valence electrons. The van der Waals surface area contributed by atoms with Crippen LogP contribution in [0.1, 0.15) is 30.9 Å². The van der Waals surface area contributed by atoms with Gasteiger partial charge in [0.1, 0.15) is 6.04 Å². The molecule has 0 radical (unpaired) electrons. The minimum atomic E-state index is -0.596. The molecule has 6 heteroatoms. The Hall–Kier alpha value is -2.11. The van der Waals surface area contributed by atoms with Crippen molar-refractivity contribution in [3.8, 4) is 5.75 Å². The predicted octanol–water partition coefficient (Wildman–Crippen LogP) is 1.81. The van der Waals surface area contributed by atoms with E-state index in [1.54, 1.807) is 12.1 Å². The molecule has 5 nitrogen and oxygen atoms in total. The van der Waals surface area contributed by atoms with Gasteiger partial charge in [-0.2, -0.15) is 0 Å². The van der Waals surface area contributed by atoms with E-state index in [1.807, 2.05) is 0 Å². The highest BCUT2D eigenvalue weighted by Gasteiger charge is 2.43. The minimum absolute atomic E-state index is 0.104. The summed E-state index contributed by atoms with van der Waals surface area (Å²) in [7, 11) is 1.31.